The summed E-state index contributed by atoms with van der Waals surface area (Å²) in [5, 5.41) is 3.39. The van der Waals surface area contributed by atoms with Crippen molar-refractivity contribution in [1.82, 2.24) is 9.55 Å². The van der Waals surface area contributed by atoms with E-state index in [0.29, 0.717) is 5.52 Å². The van der Waals surface area contributed by atoms with Gasteiger partial charge in [0.25, 0.3) is 0 Å². The molecule has 10 rings (SSSR count). The van der Waals surface area contributed by atoms with E-state index in [1.165, 1.54) is 54.9 Å². The molecule has 230 valence electrons. The Balaban J connectivity index is 1.24. The number of para-hydroxylation sites is 2. The molecule has 1 heterocycles. The molecule has 10 radical (unpaired) electrons. The van der Waals surface area contributed by atoms with Crippen LogP contribution < -0.4 is 0 Å². The Morgan fingerprint density at radius 3 is 1.63 bits per heavy atom. The molecular formula is C45H25B5N2. The van der Waals surface area contributed by atoms with Crippen molar-refractivity contribution in [2.75, 3.05) is 0 Å². The molecule has 2 nitrogen and oxygen atoms in total. The summed E-state index contributed by atoms with van der Waals surface area (Å²) in [6.45, 7) is 0. The third kappa shape index (κ3) is 4.35. The zero-order valence-corrected chi connectivity index (χ0v) is 28.2. The Hall–Kier alpha value is -5.67. The number of benzene rings is 8. The average molecular weight is 648 g/mol. The van der Waals surface area contributed by atoms with Crippen LogP contribution in [0.5, 0.6) is 0 Å². The summed E-state index contributed by atoms with van der Waals surface area (Å²) in [5.41, 5.74) is 12.0. The first kappa shape index (κ1) is 31.1. The third-order valence-corrected chi connectivity index (χ3v) is 10.8. The quantitative estimate of drug-likeness (QED) is 0.134. The van der Waals surface area contributed by atoms with Crippen molar-refractivity contribution in [3.05, 3.63) is 157 Å². The lowest BCUT2D eigenvalue weighted by Gasteiger charge is -2.41. The summed E-state index contributed by atoms with van der Waals surface area (Å²) in [4.78, 5) is 4.80. The lowest BCUT2D eigenvalue weighted by atomic mass is 9.23. The van der Waals surface area contributed by atoms with Crippen LogP contribution in [0.25, 0.3) is 93.5 Å². The van der Waals surface area contributed by atoms with Gasteiger partial charge in [-0.25, -0.2) is 4.98 Å². The Morgan fingerprint density at radius 1 is 0.442 bits per heavy atom. The van der Waals surface area contributed by atoms with Crippen molar-refractivity contribution in [2.45, 2.75) is 10.3 Å². The van der Waals surface area contributed by atoms with Gasteiger partial charge in [-0.15, -0.1) is 5.11 Å². The molecule has 0 saturated carbocycles. The molecule has 0 spiro atoms. The van der Waals surface area contributed by atoms with Gasteiger partial charge in [-0.3, -0.25) is 4.57 Å². The van der Waals surface area contributed by atoms with Crippen molar-refractivity contribution < 1.29 is 0 Å². The number of hydrogen-bond donors (Lipinski definition) is 0. The largest absolute Gasteiger partial charge is 0.297 e. The van der Waals surface area contributed by atoms with Gasteiger partial charge < -0.3 is 0 Å². The monoisotopic (exact) mass is 648 g/mol. The molecule has 0 fully saturated rings. The summed E-state index contributed by atoms with van der Waals surface area (Å²) < 4.78 is 1.91. The van der Waals surface area contributed by atoms with Crippen LogP contribution in [0, 0.1) is 0 Å². The molecule has 0 aliphatic heterocycles. The van der Waals surface area contributed by atoms with Crippen LogP contribution in [0.4, 0.5) is 0 Å². The van der Waals surface area contributed by atoms with Gasteiger partial charge in [-0.2, -0.15) is 0 Å². The lowest BCUT2D eigenvalue weighted by Crippen LogP contribution is -2.45. The summed E-state index contributed by atoms with van der Waals surface area (Å²) >= 11 is 0. The van der Waals surface area contributed by atoms with Gasteiger partial charge in [-0.05, 0) is 101 Å². The van der Waals surface area contributed by atoms with E-state index in [-0.39, 0.29) is 5.82 Å². The van der Waals surface area contributed by atoms with Gasteiger partial charge in [0.15, 0.2) is 0 Å². The maximum absolute atomic E-state index is 6.59. The maximum Gasteiger partial charge on any atom is 0.101 e. The second-order valence-corrected chi connectivity index (χ2v) is 13.9. The Bertz CT molecular complexity index is 2850. The topological polar surface area (TPSA) is 17.8 Å². The van der Waals surface area contributed by atoms with Gasteiger partial charge in [0, 0.05) is 5.69 Å². The van der Waals surface area contributed by atoms with Gasteiger partial charge in [0.1, 0.15) is 5.82 Å². The van der Waals surface area contributed by atoms with Crippen molar-refractivity contribution in [1.29, 1.82) is 0 Å². The third-order valence-electron chi connectivity index (χ3n) is 10.8. The molecule has 1 aliphatic rings. The van der Waals surface area contributed by atoms with E-state index in [4.69, 9.17) is 44.2 Å². The smallest absolute Gasteiger partial charge is 0.101 e. The predicted octanol–water partition coefficient (Wildman–Crippen LogP) is 9.54. The molecule has 0 saturated heterocycles. The van der Waals surface area contributed by atoms with Crippen LogP contribution in [-0.4, -0.2) is 48.8 Å². The minimum Gasteiger partial charge on any atom is -0.297 e. The Kier molecular flexibility index (Phi) is 6.68. The number of imidazole rings is 1. The Labute approximate surface area is 309 Å². The van der Waals surface area contributed by atoms with E-state index in [1.807, 2.05) is 41.0 Å². The number of nitrogens with zero attached hydrogens (tertiary/aromatic N) is 2. The maximum atomic E-state index is 6.59. The van der Waals surface area contributed by atoms with Gasteiger partial charge in [-0.1, -0.05) is 133 Å². The van der Waals surface area contributed by atoms with Gasteiger partial charge in [0.2, 0.25) is 0 Å². The minimum atomic E-state index is -1.95. The zero-order chi connectivity index (χ0) is 35.4. The van der Waals surface area contributed by atoms with Crippen LogP contribution in [0.15, 0.2) is 152 Å². The van der Waals surface area contributed by atoms with Crippen LogP contribution in [-0.2, 0) is 5.21 Å². The summed E-state index contributed by atoms with van der Waals surface area (Å²) in [7, 11) is 31.6. The molecule has 1 aromatic heterocycles. The first-order valence-corrected chi connectivity index (χ1v) is 17.3. The van der Waals surface area contributed by atoms with E-state index in [1.54, 1.807) is 0 Å². The Morgan fingerprint density at radius 2 is 0.962 bits per heavy atom. The summed E-state index contributed by atoms with van der Waals surface area (Å²) in [6, 6.07) is 53.5. The van der Waals surface area contributed by atoms with Crippen molar-refractivity contribution in [2.24, 2.45) is 0 Å². The van der Waals surface area contributed by atoms with Crippen molar-refractivity contribution in [3.63, 3.8) is 0 Å². The molecule has 0 atom stereocenters. The molecule has 0 bridgehead atoms. The van der Waals surface area contributed by atoms with E-state index in [2.05, 4.69) is 115 Å². The number of rotatable bonds is 5. The van der Waals surface area contributed by atoms with E-state index >= 15 is 0 Å². The molecule has 7 heteroatoms. The highest BCUT2D eigenvalue weighted by Gasteiger charge is 2.36. The second-order valence-electron chi connectivity index (χ2n) is 13.9. The van der Waals surface area contributed by atoms with E-state index in [0.717, 1.165) is 33.1 Å². The fourth-order valence-electron chi connectivity index (χ4n) is 8.32. The standard InChI is InChI=1S/C45H25B5N2/c46-44(47,45(48,49)50)43-51-38-21-7-8-22-39(38)52(43)27-12-9-11-26(25-27)40-31-15-3-5-17-33(31)42(34-18-6-4-16-32(34)40)37-24-23-36-29-14-2-1-13-28(29)30-19-10-20-35(37)41(30)36/h1-25H. The highest BCUT2D eigenvalue weighted by atomic mass is 15.1. The van der Waals surface area contributed by atoms with Crippen molar-refractivity contribution in [3.8, 4) is 50.2 Å². The van der Waals surface area contributed by atoms with Crippen LogP contribution in [0.1, 0.15) is 5.82 Å². The SMILES string of the molecule is [B]C([B])([B])C([B])([B])c1nc2ccccc2n1-c1cccc(-c2c3ccccc3c(-c3ccc4c5c(cccc35)-c3ccccc3-4)c3ccccc23)c1. The highest BCUT2D eigenvalue weighted by molar-refractivity contribution is 6.67. The summed E-state index contributed by atoms with van der Waals surface area (Å²) in [5.74, 6) is 0.262. The molecule has 1 aliphatic carbocycles. The van der Waals surface area contributed by atoms with E-state index < -0.39 is 10.3 Å². The van der Waals surface area contributed by atoms with E-state index in [9.17, 15) is 0 Å². The molecule has 8 aromatic carbocycles. The molecule has 9 aromatic rings. The second kappa shape index (κ2) is 11.2. The number of aromatic nitrogens is 2. The predicted molar refractivity (Wildman–Crippen MR) is 222 cm³/mol. The molecule has 0 amide bonds. The molecule has 52 heavy (non-hydrogen) atoms. The first-order valence-electron chi connectivity index (χ1n) is 17.3. The molecular weight excluding hydrogens is 623 g/mol. The fourth-order valence-corrected chi connectivity index (χ4v) is 8.32. The normalized spacial score (nSPS) is 12.6. The van der Waals surface area contributed by atoms with Crippen LogP contribution >= 0.6 is 0 Å². The van der Waals surface area contributed by atoms with Crippen LogP contribution in [0.3, 0.4) is 0 Å². The molecule has 0 unspecified atom stereocenters. The van der Waals surface area contributed by atoms with Gasteiger partial charge in [0.05, 0.1) is 50.3 Å². The van der Waals surface area contributed by atoms with Crippen molar-refractivity contribution >= 4 is 82.6 Å². The first-order chi connectivity index (χ1) is 25.2. The zero-order valence-electron chi connectivity index (χ0n) is 28.2. The summed E-state index contributed by atoms with van der Waals surface area (Å²) in [6.07, 6.45) is 0. The van der Waals surface area contributed by atoms with Crippen LogP contribution in [0.2, 0.25) is 5.11 Å². The number of fused-ring (bicyclic) bond motifs is 6. The minimum absolute atomic E-state index is 0.262. The average Bonchev–Trinajstić information content (AvgIpc) is 3.72. The number of hydrogen-bond acceptors (Lipinski definition) is 1. The molecule has 0 N–H and O–H groups in total. The lowest BCUT2D eigenvalue weighted by molar-refractivity contribution is 0.757. The fraction of sp³-hybridized carbons (Fsp3) is 0.0444. The van der Waals surface area contributed by atoms with Gasteiger partial charge >= 0.3 is 0 Å². The highest BCUT2D eigenvalue weighted by Crippen LogP contribution is 2.52.